The maximum Gasteiger partial charge on any atom is 0.222 e. The van der Waals surface area contributed by atoms with Crippen molar-refractivity contribution in [1.29, 1.82) is 0 Å². The smallest absolute Gasteiger partial charge is 0.222 e. The fourth-order valence-corrected chi connectivity index (χ4v) is 4.45. The minimum absolute atomic E-state index is 0.0956. The zero-order valence-electron chi connectivity index (χ0n) is 18.2. The lowest BCUT2D eigenvalue weighted by atomic mass is 9.86. The van der Waals surface area contributed by atoms with Gasteiger partial charge in [0, 0.05) is 38.0 Å². The molecule has 1 N–H and O–H groups in total. The van der Waals surface area contributed by atoms with E-state index in [1.54, 1.807) is 18.0 Å². The molecular weight excluding hydrogens is 391 g/mol. The van der Waals surface area contributed by atoms with Crippen LogP contribution in [-0.4, -0.2) is 34.9 Å². The number of amides is 1. The Morgan fingerprint density at radius 2 is 1.84 bits per heavy atom. The lowest BCUT2D eigenvalue weighted by Crippen LogP contribution is -2.29. The Morgan fingerprint density at radius 3 is 2.61 bits per heavy atom. The van der Waals surface area contributed by atoms with Gasteiger partial charge in [0.2, 0.25) is 5.91 Å². The van der Waals surface area contributed by atoms with Gasteiger partial charge in [-0.2, -0.15) is 0 Å². The number of halogens is 1. The molecule has 0 unspecified atom stereocenters. The molecule has 1 heterocycles. The second-order valence-corrected chi connectivity index (χ2v) is 8.47. The maximum absolute atomic E-state index is 14.6. The van der Waals surface area contributed by atoms with Crippen LogP contribution in [0.25, 0.3) is 22.0 Å². The Bertz CT molecular complexity index is 1080. The zero-order valence-corrected chi connectivity index (χ0v) is 18.2. The Kier molecular flexibility index (Phi) is 6.44. The molecule has 1 aliphatic rings. The standard InChI is InChI=1S/C25H29FN4O/c1-27-25-21-14-19(9-11-23(21)28-16-29-25)18-8-10-22(26)20(13-18)15-30(2)24(31)12-17-6-4-3-5-7-17/h8-11,13-14,16-17H,3-7,12,15H2,1-2H3,(H,27,28,29). The number of hydrogen-bond donors (Lipinski definition) is 1. The lowest BCUT2D eigenvalue weighted by molar-refractivity contribution is -0.131. The normalized spacial score (nSPS) is 14.5. The number of hydrogen-bond acceptors (Lipinski definition) is 4. The molecule has 1 fully saturated rings. The first-order valence-corrected chi connectivity index (χ1v) is 11.0. The van der Waals surface area contributed by atoms with Crippen LogP contribution in [-0.2, 0) is 11.3 Å². The molecule has 1 aliphatic carbocycles. The van der Waals surface area contributed by atoms with Gasteiger partial charge in [-0.05, 0) is 54.2 Å². The van der Waals surface area contributed by atoms with Crippen LogP contribution in [0.4, 0.5) is 10.2 Å². The molecule has 2 aromatic carbocycles. The van der Waals surface area contributed by atoms with Gasteiger partial charge in [-0.25, -0.2) is 14.4 Å². The third kappa shape index (κ3) is 4.84. The molecule has 0 bridgehead atoms. The van der Waals surface area contributed by atoms with Crippen LogP contribution < -0.4 is 5.32 Å². The fourth-order valence-electron chi connectivity index (χ4n) is 4.45. The molecule has 1 aromatic heterocycles. The van der Waals surface area contributed by atoms with Gasteiger partial charge in [0.25, 0.3) is 0 Å². The molecule has 1 amide bonds. The van der Waals surface area contributed by atoms with Crippen molar-refractivity contribution >= 4 is 22.6 Å². The van der Waals surface area contributed by atoms with Gasteiger partial charge >= 0.3 is 0 Å². The monoisotopic (exact) mass is 420 g/mol. The largest absolute Gasteiger partial charge is 0.373 e. The molecule has 1 saturated carbocycles. The predicted octanol–water partition coefficient (Wildman–Crippen LogP) is 5.41. The van der Waals surface area contributed by atoms with Crippen molar-refractivity contribution in [3.63, 3.8) is 0 Å². The van der Waals surface area contributed by atoms with Gasteiger partial charge in [-0.15, -0.1) is 0 Å². The highest BCUT2D eigenvalue weighted by molar-refractivity contribution is 5.92. The van der Waals surface area contributed by atoms with Crippen LogP contribution >= 0.6 is 0 Å². The number of aromatic nitrogens is 2. The van der Waals surface area contributed by atoms with Crippen LogP contribution in [0.3, 0.4) is 0 Å². The molecule has 0 radical (unpaired) electrons. The summed E-state index contributed by atoms with van der Waals surface area (Å²) in [5.41, 5.74) is 3.22. The van der Waals surface area contributed by atoms with Gasteiger partial charge in [-0.1, -0.05) is 31.4 Å². The van der Waals surface area contributed by atoms with Crippen molar-refractivity contribution < 1.29 is 9.18 Å². The minimum Gasteiger partial charge on any atom is -0.373 e. The number of benzene rings is 2. The number of anilines is 1. The zero-order chi connectivity index (χ0) is 21.8. The SMILES string of the molecule is CNc1ncnc2ccc(-c3ccc(F)c(CN(C)C(=O)CC4CCCCC4)c3)cc12. The van der Waals surface area contributed by atoms with E-state index in [0.717, 1.165) is 40.7 Å². The predicted molar refractivity (Wildman–Crippen MR) is 122 cm³/mol. The van der Waals surface area contributed by atoms with Crippen molar-refractivity contribution in [3.8, 4) is 11.1 Å². The number of nitrogens with zero attached hydrogens (tertiary/aromatic N) is 3. The first kappa shape index (κ1) is 21.2. The number of fused-ring (bicyclic) bond motifs is 1. The third-order valence-corrected chi connectivity index (χ3v) is 6.27. The third-order valence-electron chi connectivity index (χ3n) is 6.27. The van der Waals surface area contributed by atoms with E-state index in [1.807, 2.05) is 31.3 Å². The van der Waals surface area contributed by atoms with Crippen molar-refractivity contribution in [2.45, 2.75) is 45.1 Å². The molecule has 0 saturated heterocycles. The van der Waals surface area contributed by atoms with E-state index in [1.165, 1.54) is 31.7 Å². The maximum atomic E-state index is 14.6. The molecule has 3 aromatic rings. The van der Waals surface area contributed by atoms with E-state index in [2.05, 4.69) is 15.3 Å². The highest BCUT2D eigenvalue weighted by atomic mass is 19.1. The summed E-state index contributed by atoms with van der Waals surface area (Å²) in [6.07, 6.45) is 8.05. The lowest BCUT2D eigenvalue weighted by Gasteiger charge is -2.24. The number of nitrogens with one attached hydrogen (secondary N) is 1. The highest BCUT2D eigenvalue weighted by Crippen LogP contribution is 2.29. The van der Waals surface area contributed by atoms with Gasteiger partial charge in [-0.3, -0.25) is 4.79 Å². The van der Waals surface area contributed by atoms with Crippen molar-refractivity contribution in [2.24, 2.45) is 5.92 Å². The summed E-state index contributed by atoms with van der Waals surface area (Å²) >= 11 is 0. The Hall–Kier alpha value is -3.02. The summed E-state index contributed by atoms with van der Waals surface area (Å²) in [7, 11) is 3.59. The second kappa shape index (κ2) is 9.41. The molecule has 0 aliphatic heterocycles. The minimum atomic E-state index is -0.291. The van der Waals surface area contributed by atoms with E-state index in [9.17, 15) is 9.18 Å². The summed E-state index contributed by atoms with van der Waals surface area (Å²) in [6.45, 7) is 0.268. The molecule has 0 spiro atoms. The average molecular weight is 421 g/mol. The van der Waals surface area contributed by atoms with Crippen LogP contribution in [0.2, 0.25) is 0 Å². The number of carbonyl (C=O) groups excluding carboxylic acids is 1. The van der Waals surface area contributed by atoms with Crippen LogP contribution in [0.5, 0.6) is 0 Å². The first-order chi connectivity index (χ1) is 15.0. The van der Waals surface area contributed by atoms with E-state index in [4.69, 9.17) is 0 Å². The van der Waals surface area contributed by atoms with Crippen molar-refractivity contribution in [1.82, 2.24) is 14.9 Å². The van der Waals surface area contributed by atoms with Crippen LogP contribution in [0, 0.1) is 11.7 Å². The van der Waals surface area contributed by atoms with Crippen molar-refractivity contribution in [2.75, 3.05) is 19.4 Å². The fraction of sp³-hybridized carbons (Fsp3) is 0.400. The molecule has 6 heteroatoms. The molecule has 31 heavy (non-hydrogen) atoms. The summed E-state index contributed by atoms with van der Waals surface area (Å²) in [6, 6.07) is 11.0. The van der Waals surface area contributed by atoms with E-state index >= 15 is 0 Å². The Balaban J connectivity index is 1.54. The van der Waals surface area contributed by atoms with Gasteiger partial charge in [0.05, 0.1) is 5.52 Å². The van der Waals surface area contributed by atoms with E-state index in [-0.39, 0.29) is 18.3 Å². The molecule has 0 atom stereocenters. The topological polar surface area (TPSA) is 58.1 Å². The Morgan fingerprint density at radius 1 is 1.10 bits per heavy atom. The molecule has 5 nitrogen and oxygen atoms in total. The summed E-state index contributed by atoms with van der Waals surface area (Å²) < 4.78 is 14.6. The van der Waals surface area contributed by atoms with Gasteiger partial charge < -0.3 is 10.2 Å². The van der Waals surface area contributed by atoms with Gasteiger partial charge in [0.1, 0.15) is 18.0 Å². The van der Waals surface area contributed by atoms with Crippen LogP contribution in [0.1, 0.15) is 44.1 Å². The van der Waals surface area contributed by atoms with Crippen LogP contribution in [0.15, 0.2) is 42.7 Å². The number of rotatable bonds is 6. The first-order valence-electron chi connectivity index (χ1n) is 11.0. The average Bonchev–Trinajstić information content (AvgIpc) is 2.80. The van der Waals surface area contributed by atoms with Gasteiger partial charge in [0.15, 0.2) is 0 Å². The summed E-state index contributed by atoms with van der Waals surface area (Å²) in [4.78, 5) is 22.9. The molecule has 162 valence electrons. The second-order valence-electron chi connectivity index (χ2n) is 8.47. The quantitative estimate of drug-likeness (QED) is 0.580. The summed E-state index contributed by atoms with van der Waals surface area (Å²) in [5, 5.41) is 4.00. The van der Waals surface area contributed by atoms with E-state index in [0.29, 0.717) is 17.9 Å². The highest BCUT2D eigenvalue weighted by Gasteiger charge is 2.20. The van der Waals surface area contributed by atoms with E-state index < -0.39 is 0 Å². The molecule has 4 rings (SSSR count). The Labute approximate surface area is 182 Å². The number of carbonyl (C=O) groups is 1. The summed E-state index contributed by atoms with van der Waals surface area (Å²) in [5.74, 6) is 1.03. The molecular formula is C25H29FN4O. The van der Waals surface area contributed by atoms with Crippen molar-refractivity contribution in [3.05, 3.63) is 54.1 Å².